The molecule has 2 aromatic heterocycles. The second-order valence-electron chi connectivity index (χ2n) is 4.00. The van der Waals surface area contributed by atoms with Crippen molar-refractivity contribution in [2.45, 2.75) is 13.5 Å². The highest BCUT2D eigenvalue weighted by Crippen LogP contribution is 2.11. The molecular weight excluding hydrogens is 245 g/mol. The van der Waals surface area contributed by atoms with E-state index in [-0.39, 0.29) is 11.5 Å². The Morgan fingerprint density at radius 2 is 2.16 bits per heavy atom. The van der Waals surface area contributed by atoms with Crippen molar-refractivity contribution < 1.29 is 9.18 Å². The van der Waals surface area contributed by atoms with Crippen LogP contribution in [0.15, 0.2) is 42.9 Å². The first-order valence-corrected chi connectivity index (χ1v) is 6.01. The van der Waals surface area contributed by atoms with Crippen molar-refractivity contribution in [2.75, 3.05) is 6.54 Å². The molecule has 0 N–H and O–H groups in total. The molecule has 2 rings (SSSR count). The number of pyridine rings is 2. The lowest BCUT2D eigenvalue weighted by atomic mass is 10.2. The van der Waals surface area contributed by atoms with Gasteiger partial charge in [0.1, 0.15) is 0 Å². The summed E-state index contributed by atoms with van der Waals surface area (Å²) in [5.41, 5.74) is 0.806. The molecule has 4 nitrogen and oxygen atoms in total. The maximum absolute atomic E-state index is 13.5. The third-order valence-electron chi connectivity index (χ3n) is 2.75. The Kier molecular flexibility index (Phi) is 4.18. The van der Waals surface area contributed by atoms with Gasteiger partial charge in [0, 0.05) is 18.9 Å². The molecule has 0 saturated carbocycles. The fourth-order valence-electron chi connectivity index (χ4n) is 1.73. The third kappa shape index (κ3) is 3.13. The van der Waals surface area contributed by atoms with E-state index in [4.69, 9.17) is 0 Å². The number of hydrogen-bond donors (Lipinski definition) is 0. The Labute approximate surface area is 110 Å². The van der Waals surface area contributed by atoms with E-state index in [9.17, 15) is 9.18 Å². The summed E-state index contributed by atoms with van der Waals surface area (Å²) in [5, 5.41) is 0. The average Bonchev–Trinajstić information content (AvgIpc) is 2.46. The summed E-state index contributed by atoms with van der Waals surface area (Å²) in [5.74, 6) is -0.958. The minimum atomic E-state index is -0.605. The number of amides is 1. The second-order valence-corrected chi connectivity index (χ2v) is 4.00. The van der Waals surface area contributed by atoms with E-state index in [1.54, 1.807) is 11.1 Å². The molecule has 5 heteroatoms. The monoisotopic (exact) mass is 259 g/mol. The number of aromatic nitrogens is 2. The van der Waals surface area contributed by atoms with Crippen LogP contribution in [0.3, 0.4) is 0 Å². The number of halogens is 1. The average molecular weight is 259 g/mol. The summed E-state index contributed by atoms with van der Waals surface area (Å²) >= 11 is 0. The Hall–Kier alpha value is -2.30. The summed E-state index contributed by atoms with van der Waals surface area (Å²) < 4.78 is 13.5. The van der Waals surface area contributed by atoms with Crippen LogP contribution in [-0.4, -0.2) is 27.3 Å². The SMILES string of the molecule is CCN(Cc1ccccn1)C(=O)c1ccncc1F. The second kappa shape index (κ2) is 6.04. The van der Waals surface area contributed by atoms with E-state index < -0.39 is 5.82 Å². The van der Waals surface area contributed by atoms with E-state index >= 15 is 0 Å². The van der Waals surface area contributed by atoms with E-state index in [2.05, 4.69) is 9.97 Å². The van der Waals surface area contributed by atoms with Crippen molar-refractivity contribution in [1.82, 2.24) is 14.9 Å². The molecule has 98 valence electrons. The minimum absolute atomic E-state index is 0.0350. The van der Waals surface area contributed by atoms with Crippen LogP contribution in [-0.2, 0) is 6.54 Å². The van der Waals surface area contributed by atoms with Gasteiger partial charge in [-0.15, -0.1) is 0 Å². The van der Waals surface area contributed by atoms with Gasteiger partial charge in [-0.3, -0.25) is 14.8 Å². The minimum Gasteiger partial charge on any atom is -0.333 e. The van der Waals surface area contributed by atoms with Gasteiger partial charge in [-0.05, 0) is 25.1 Å². The van der Waals surface area contributed by atoms with Crippen LogP contribution < -0.4 is 0 Å². The molecule has 0 fully saturated rings. The largest absolute Gasteiger partial charge is 0.333 e. The van der Waals surface area contributed by atoms with Gasteiger partial charge in [-0.1, -0.05) is 6.07 Å². The fourth-order valence-corrected chi connectivity index (χ4v) is 1.73. The van der Waals surface area contributed by atoms with Crippen molar-refractivity contribution in [1.29, 1.82) is 0 Å². The molecule has 19 heavy (non-hydrogen) atoms. The van der Waals surface area contributed by atoms with Gasteiger partial charge in [0.2, 0.25) is 0 Å². The van der Waals surface area contributed by atoms with Gasteiger partial charge in [0.25, 0.3) is 5.91 Å². The predicted molar refractivity (Wildman–Crippen MR) is 68.8 cm³/mol. The van der Waals surface area contributed by atoms with Crippen molar-refractivity contribution in [2.24, 2.45) is 0 Å². The zero-order chi connectivity index (χ0) is 13.7. The summed E-state index contributed by atoms with van der Waals surface area (Å²) in [6.07, 6.45) is 4.12. The summed E-state index contributed by atoms with van der Waals surface area (Å²) in [6, 6.07) is 6.88. The Bertz CT molecular complexity index is 560. The molecule has 2 aromatic rings. The van der Waals surface area contributed by atoms with Gasteiger partial charge < -0.3 is 4.90 Å². The Balaban J connectivity index is 2.18. The molecular formula is C14H14FN3O. The van der Waals surface area contributed by atoms with Gasteiger partial charge in [-0.2, -0.15) is 0 Å². The lowest BCUT2D eigenvalue weighted by Gasteiger charge is -2.20. The van der Waals surface area contributed by atoms with Crippen molar-refractivity contribution >= 4 is 5.91 Å². The van der Waals surface area contributed by atoms with Crippen LogP contribution in [0.1, 0.15) is 23.0 Å². The van der Waals surface area contributed by atoms with E-state index in [0.29, 0.717) is 13.1 Å². The lowest BCUT2D eigenvalue weighted by Crippen LogP contribution is -2.31. The van der Waals surface area contributed by atoms with Gasteiger partial charge >= 0.3 is 0 Å². The van der Waals surface area contributed by atoms with Gasteiger partial charge in [-0.25, -0.2) is 4.39 Å². The van der Waals surface area contributed by atoms with Crippen molar-refractivity contribution in [3.05, 3.63) is 59.9 Å². The first-order valence-electron chi connectivity index (χ1n) is 6.01. The molecule has 0 spiro atoms. The number of carbonyl (C=O) groups excluding carboxylic acids is 1. The Morgan fingerprint density at radius 3 is 2.79 bits per heavy atom. The molecule has 1 amide bonds. The van der Waals surface area contributed by atoms with E-state index in [0.717, 1.165) is 11.9 Å². The summed E-state index contributed by atoms with van der Waals surface area (Å²) in [7, 11) is 0. The molecule has 0 saturated heterocycles. The third-order valence-corrected chi connectivity index (χ3v) is 2.75. The molecule has 0 aromatic carbocycles. The molecule has 0 bridgehead atoms. The topological polar surface area (TPSA) is 46.1 Å². The van der Waals surface area contributed by atoms with Crippen LogP contribution >= 0.6 is 0 Å². The molecule has 0 aliphatic rings. The normalized spacial score (nSPS) is 10.2. The molecule has 2 heterocycles. The maximum atomic E-state index is 13.5. The van der Waals surface area contributed by atoms with Crippen LogP contribution in [0, 0.1) is 5.82 Å². The Morgan fingerprint density at radius 1 is 1.32 bits per heavy atom. The summed E-state index contributed by atoms with van der Waals surface area (Å²) in [4.78, 5) is 21.6. The van der Waals surface area contributed by atoms with Crippen LogP contribution in [0.25, 0.3) is 0 Å². The smallest absolute Gasteiger partial charge is 0.257 e. The number of nitrogens with zero attached hydrogens (tertiary/aromatic N) is 3. The fraction of sp³-hybridized carbons (Fsp3) is 0.214. The van der Waals surface area contributed by atoms with Gasteiger partial charge in [0.05, 0.1) is 24.0 Å². The molecule has 0 aliphatic heterocycles. The zero-order valence-corrected chi connectivity index (χ0v) is 10.6. The molecule has 0 aliphatic carbocycles. The molecule has 0 atom stereocenters. The quantitative estimate of drug-likeness (QED) is 0.846. The number of hydrogen-bond acceptors (Lipinski definition) is 3. The van der Waals surface area contributed by atoms with Crippen LogP contribution in [0.4, 0.5) is 4.39 Å². The van der Waals surface area contributed by atoms with E-state index in [1.807, 2.05) is 25.1 Å². The molecule has 0 unspecified atom stereocenters. The van der Waals surface area contributed by atoms with Crippen molar-refractivity contribution in [3.8, 4) is 0 Å². The standard InChI is InChI=1S/C14H14FN3O/c1-2-18(10-11-5-3-4-7-17-11)14(19)12-6-8-16-9-13(12)15/h3-9H,2,10H2,1H3. The molecule has 0 radical (unpaired) electrons. The van der Waals surface area contributed by atoms with Gasteiger partial charge in [0.15, 0.2) is 5.82 Å². The van der Waals surface area contributed by atoms with E-state index in [1.165, 1.54) is 12.3 Å². The number of rotatable bonds is 4. The first kappa shape index (κ1) is 13.1. The number of carbonyl (C=O) groups is 1. The highest BCUT2D eigenvalue weighted by atomic mass is 19.1. The summed E-state index contributed by atoms with van der Waals surface area (Å²) in [6.45, 7) is 2.69. The maximum Gasteiger partial charge on any atom is 0.257 e. The van der Waals surface area contributed by atoms with Crippen molar-refractivity contribution in [3.63, 3.8) is 0 Å². The highest BCUT2D eigenvalue weighted by molar-refractivity contribution is 5.94. The predicted octanol–water partition coefficient (Wildman–Crippen LogP) is 2.28. The lowest BCUT2D eigenvalue weighted by molar-refractivity contribution is 0.0745. The first-order chi connectivity index (χ1) is 9.22. The van der Waals surface area contributed by atoms with Crippen LogP contribution in [0.2, 0.25) is 0 Å². The highest BCUT2D eigenvalue weighted by Gasteiger charge is 2.18. The van der Waals surface area contributed by atoms with Crippen LogP contribution in [0.5, 0.6) is 0 Å². The zero-order valence-electron chi connectivity index (χ0n) is 10.6.